The molecular weight excluding hydrogens is 336 g/mol. The highest BCUT2D eigenvalue weighted by Crippen LogP contribution is 2.43. The van der Waals surface area contributed by atoms with E-state index < -0.39 is 0 Å². The lowest BCUT2D eigenvalue weighted by atomic mass is 9.77. The van der Waals surface area contributed by atoms with Crippen molar-refractivity contribution in [1.29, 1.82) is 0 Å². The fraction of sp³-hybridized carbons (Fsp3) is 0.522. The third kappa shape index (κ3) is 3.43. The van der Waals surface area contributed by atoms with Crippen LogP contribution in [0.1, 0.15) is 55.0 Å². The van der Waals surface area contributed by atoms with Gasteiger partial charge in [-0.05, 0) is 48.9 Å². The summed E-state index contributed by atoms with van der Waals surface area (Å²) < 4.78 is 7.52. The normalized spacial score (nSPS) is 24.5. The molecule has 1 aromatic carbocycles. The summed E-state index contributed by atoms with van der Waals surface area (Å²) in [5, 5.41) is 0. The third-order valence-electron chi connectivity index (χ3n) is 6.32. The largest absolute Gasteiger partial charge is 0.496 e. The van der Waals surface area contributed by atoms with E-state index in [1.807, 2.05) is 6.07 Å². The second-order valence-corrected chi connectivity index (χ2v) is 8.21. The van der Waals surface area contributed by atoms with Crippen molar-refractivity contribution >= 4 is 0 Å². The molecule has 2 bridgehead atoms. The predicted molar refractivity (Wildman–Crippen MR) is 109 cm³/mol. The first-order valence-electron chi connectivity index (χ1n) is 10.2. The highest BCUT2D eigenvalue weighted by molar-refractivity contribution is 5.36. The summed E-state index contributed by atoms with van der Waals surface area (Å²) >= 11 is 0. The maximum atomic E-state index is 12.6. The molecule has 3 atom stereocenters. The molecule has 4 rings (SSSR count). The number of aryl methyl sites for hydroxylation is 1. The lowest BCUT2D eigenvalue weighted by Crippen LogP contribution is -2.49. The van der Waals surface area contributed by atoms with Crippen molar-refractivity contribution in [3.8, 4) is 5.75 Å². The van der Waals surface area contributed by atoms with Gasteiger partial charge in [0, 0.05) is 43.4 Å². The Kier molecular flexibility index (Phi) is 5.09. The summed E-state index contributed by atoms with van der Waals surface area (Å²) in [5.74, 6) is 1.98. The number of hydrogen-bond donors (Lipinski definition) is 0. The topological polar surface area (TPSA) is 34.5 Å². The number of likely N-dealkylation sites (tertiary alicyclic amines) is 1. The standard InChI is InChI=1S/C23H30N2O2/c1-4-6-20-18-12-19(21-7-5-8-23(26)25(20)21)15-24(14-18)13-17-9-10-22(27-3)16(2)11-17/h5,7-11,18-20H,4,6,12-15H2,1-3H3/t18-,19+,20-/m0/s1. The van der Waals surface area contributed by atoms with E-state index in [0.717, 1.165) is 38.2 Å². The summed E-state index contributed by atoms with van der Waals surface area (Å²) in [6.45, 7) is 7.40. The van der Waals surface area contributed by atoms with Gasteiger partial charge in [0.05, 0.1) is 7.11 Å². The van der Waals surface area contributed by atoms with Crippen LogP contribution in [0, 0.1) is 12.8 Å². The highest BCUT2D eigenvalue weighted by Gasteiger charge is 2.39. The molecule has 1 aromatic heterocycles. The van der Waals surface area contributed by atoms with Crippen LogP contribution < -0.4 is 10.3 Å². The second-order valence-electron chi connectivity index (χ2n) is 8.21. The summed E-state index contributed by atoms with van der Waals surface area (Å²) in [6.07, 6.45) is 3.42. The maximum Gasteiger partial charge on any atom is 0.250 e. The van der Waals surface area contributed by atoms with Gasteiger partial charge in [0.25, 0.3) is 5.56 Å². The minimum Gasteiger partial charge on any atom is -0.496 e. The first-order chi connectivity index (χ1) is 13.1. The highest BCUT2D eigenvalue weighted by atomic mass is 16.5. The molecule has 3 heterocycles. The number of fused-ring (bicyclic) bond motifs is 4. The average Bonchev–Trinajstić information content (AvgIpc) is 2.65. The zero-order chi connectivity index (χ0) is 19.0. The molecule has 0 unspecified atom stereocenters. The molecule has 2 aliphatic rings. The first-order valence-corrected chi connectivity index (χ1v) is 10.2. The molecule has 144 valence electrons. The van der Waals surface area contributed by atoms with Gasteiger partial charge in [0.1, 0.15) is 5.75 Å². The van der Waals surface area contributed by atoms with Crippen molar-refractivity contribution in [1.82, 2.24) is 9.47 Å². The van der Waals surface area contributed by atoms with Crippen molar-refractivity contribution in [2.45, 2.75) is 51.6 Å². The van der Waals surface area contributed by atoms with Crippen LogP contribution in [-0.2, 0) is 6.54 Å². The van der Waals surface area contributed by atoms with E-state index in [9.17, 15) is 4.79 Å². The van der Waals surface area contributed by atoms with E-state index in [1.54, 1.807) is 13.2 Å². The van der Waals surface area contributed by atoms with Crippen LogP contribution in [0.3, 0.4) is 0 Å². The molecule has 0 aliphatic carbocycles. The monoisotopic (exact) mass is 366 g/mol. The Bertz CT molecular complexity index is 873. The number of piperidine rings is 1. The van der Waals surface area contributed by atoms with Gasteiger partial charge in [0.15, 0.2) is 0 Å². The van der Waals surface area contributed by atoms with Gasteiger partial charge in [-0.1, -0.05) is 31.5 Å². The molecule has 0 N–H and O–H groups in total. The lowest BCUT2D eigenvalue weighted by Gasteiger charge is -2.47. The minimum absolute atomic E-state index is 0.180. The van der Waals surface area contributed by atoms with Crippen LogP contribution in [0.25, 0.3) is 0 Å². The number of aromatic nitrogens is 1. The summed E-state index contributed by atoms with van der Waals surface area (Å²) in [5.41, 5.74) is 3.95. The smallest absolute Gasteiger partial charge is 0.250 e. The summed E-state index contributed by atoms with van der Waals surface area (Å²) in [7, 11) is 1.72. The fourth-order valence-corrected chi connectivity index (χ4v) is 5.23. The quantitative estimate of drug-likeness (QED) is 0.798. The molecule has 0 amide bonds. The van der Waals surface area contributed by atoms with Crippen molar-refractivity contribution in [3.63, 3.8) is 0 Å². The molecule has 2 aliphatic heterocycles. The summed E-state index contributed by atoms with van der Waals surface area (Å²) in [6, 6.07) is 12.7. The van der Waals surface area contributed by atoms with Gasteiger partial charge in [-0.25, -0.2) is 0 Å². The molecule has 1 fully saturated rings. The van der Waals surface area contributed by atoms with Gasteiger partial charge in [0.2, 0.25) is 0 Å². The number of pyridine rings is 1. The Hall–Kier alpha value is -2.07. The minimum atomic E-state index is 0.180. The van der Waals surface area contributed by atoms with Crippen molar-refractivity contribution in [3.05, 3.63) is 63.6 Å². The fourth-order valence-electron chi connectivity index (χ4n) is 5.23. The Labute approximate surface area is 161 Å². The zero-order valence-corrected chi connectivity index (χ0v) is 16.6. The van der Waals surface area contributed by atoms with E-state index in [0.29, 0.717) is 17.9 Å². The first kappa shape index (κ1) is 18.3. The van der Waals surface area contributed by atoms with Crippen molar-refractivity contribution < 1.29 is 4.74 Å². The van der Waals surface area contributed by atoms with Gasteiger partial charge in [-0.3, -0.25) is 9.69 Å². The second kappa shape index (κ2) is 7.51. The molecular formula is C23H30N2O2. The van der Waals surface area contributed by atoms with Crippen LogP contribution in [0.5, 0.6) is 5.75 Å². The number of benzene rings is 1. The van der Waals surface area contributed by atoms with Crippen LogP contribution >= 0.6 is 0 Å². The van der Waals surface area contributed by atoms with E-state index in [-0.39, 0.29) is 5.56 Å². The Morgan fingerprint density at radius 1 is 1.19 bits per heavy atom. The third-order valence-corrected chi connectivity index (χ3v) is 6.32. The molecule has 27 heavy (non-hydrogen) atoms. The molecule has 4 nitrogen and oxygen atoms in total. The van der Waals surface area contributed by atoms with Gasteiger partial charge >= 0.3 is 0 Å². The number of ether oxygens (including phenoxy) is 1. The van der Waals surface area contributed by atoms with Crippen molar-refractivity contribution in [2.75, 3.05) is 20.2 Å². The lowest BCUT2D eigenvalue weighted by molar-refractivity contribution is 0.0817. The van der Waals surface area contributed by atoms with Crippen LogP contribution in [0.4, 0.5) is 0 Å². The number of methoxy groups -OCH3 is 1. The van der Waals surface area contributed by atoms with Gasteiger partial charge < -0.3 is 9.30 Å². The summed E-state index contributed by atoms with van der Waals surface area (Å²) in [4.78, 5) is 15.2. The number of nitrogens with zero attached hydrogens (tertiary/aromatic N) is 2. The molecule has 0 saturated carbocycles. The number of rotatable bonds is 5. The van der Waals surface area contributed by atoms with Crippen LogP contribution in [0.2, 0.25) is 0 Å². The molecule has 1 saturated heterocycles. The van der Waals surface area contributed by atoms with Crippen LogP contribution in [0.15, 0.2) is 41.2 Å². The van der Waals surface area contributed by atoms with Gasteiger partial charge in [-0.2, -0.15) is 0 Å². The Morgan fingerprint density at radius 3 is 2.78 bits per heavy atom. The van der Waals surface area contributed by atoms with Crippen molar-refractivity contribution in [2.24, 2.45) is 5.92 Å². The van der Waals surface area contributed by atoms with E-state index >= 15 is 0 Å². The predicted octanol–water partition coefficient (Wildman–Crippen LogP) is 4.13. The Balaban J connectivity index is 1.60. The van der Waals surface area contributed by atoms with Crippen LogP contribution in [-0.4, -0.2) is 29.7 Å². The van der Waals surface area contributed by atoms with E-state index in [1.165, 1.54) is 23.2 Å². The Morgan fingerprint density at radius 2 is 2.04 bits per heavy atom. The maximum absolute atomic E-state index is 12.6. The molecule has 0 radical (unpaired) electrons. The SMILES string of the molecule is CCC[C@H]1[C@H]2C[C@H](CN(Cc3ccc(OC)c(C)c3)C2)c2cccc(=O)n21. The van der Waals surface area contributed by atoms with Gasteiger partial charge in [-0.15, -0.1) is 0 Å². The molecule has 4 heteroatoms. The molecule has 0 spiro atoms. The zero-order valence-electron chi connectivity index (χ0n) is 16.6. The number of hydrogen-bond acceptors (Lipinski definition) is 3. The average molecular weight is 367 g/mol. The van der Waals surface area contributed by atoms with E-state index in [4.69, 9.17) is 4.74 Å². The van der Waals surface area contributed by atoms with E-state index in [2.05, 4.69) is 47.6 Å². The molecule has 2 aromatic rings.